The van der Waals surface area contributed by atoms with E-state index in [0.717, 1.165) is 22.7 Å². The normalized spacial score (nSPS) is 10.3. The van der Waals surface area contributed by atoms with Gasteiger partial charge in [0.1, 0.15) is 9.88 Å². The third-order valence-electron chi connectivity index (χ3n) is 2.40. The molecule has 0 saturated carbocycles. The third-order valence-corrected chi connectivity index (χ3v) is 4.29. The summed E-state index contributed by atoms with van der Waals surface area (Å²) in [4.78, 5) is 17.1. The number of amides is 1. The fourth-order valence-electron chi connectivity index (χ4n) is 1.48. The van der Waals surface area contributed by atoms with Crippen LogP contribution in [0.25, 0.3) is 10.6 Å². The molecule has 94 valence electrons. The first-order valence-electron chi connectivity index (χ1n) is 5.61. The predicted molar refractivity (Wildman–Crippen MR) is 77.3 cm³/mol. The lowest BCUT2D eigenvalue weighted by Gasteiger charge is -2.00. The van der Waals surface area contributed by atoms with Crippen molar-refractivity contribution in [1.82, 2.24) is 10.3 Å². The number of rotatable bonds is 5. The summed E-state index contributed by atoms with van der Waals surface area (Å²) in [7, 11) is 0. The molecule has 1 amide bonds. The van der Waals surface area contributed by atoms with Crippen LogP contribution in [0.4, 0.5) is 0 Å². The van der Waals surface area contributed by atoms with E-state index in [1.165, 1.54) is 11.3 Å². The first-order valence-corrected chi connectivity index (χ1v) is 7.37. The van der Waals surface area contributed by atoms with Crippen molar-refractivity contribution in [3.05, 3.63) is 40.1 Å². The minimum absolute atomic E-state index is 0.0478. The molecule has 0 aliphatic carbocycles. The number of nitrogens with zero attached hydrogens (tertiary/aromatic N) is 1. The molecule has 2 aromatic rings. The van der Waals surface area contributed by atoms with Crippen LogP contribution >= 0.6 is 22.7 Å². The van der Waals surface area contributed by atoms with Crippen molar-refractivity contribution in [2.75, 3.05) is 6.54 Å². The van der Waals surface area contributed by atoms with Crippen molar-refractivity contribution in [2.24, 2.45) is 0 Å². The summed E-state index contributed by atoms with van der Waals surface area (Å²) in [6, 6.07) is 2.02. The van der Waals surface area contributed by atoms with E-state index >= 15 is 0 Å². The van der Waals surface area contributed by atoms with Crippen molar-refractivity contribution >= 4 is 28.6 Å². The average Bonchev–Trinajstić information content (AvgIpc) is 2.97. The summed E-state index contributed by atoms with van der Waals surface area (Å²) in [5.74, 6) is -0.0478. The van der Waals surface area contributed by atoms with Crippen LogP contribution in [0, 0.1) is 6.92 Å². The van der Waals surface area contributed by atoms with Crippen molar-refractivity contribution in [3.8, 4) is 10.6 Å². The van der Waals surface area contributed by atoms with Gasteiger partial charge in [0.15, 0.2) is 0 Å². The van der Waals surface area contributed by atoms with Gasteiger partial charge in [-0.1, -0.05) is 6.08 Å². The highest BCUT2D eigenvalue weighted by Gasteiger charge is 2.15. The number of carbonyl (C=O) groups excluding carboxylic acids is 1. The molecular weight excluding hydrogens is 264 g/mol. The minimum atomic E-state index is -0.0478. The average molecular weight is 278 g/mol. The quantitative estimate of drug-likeness (QED) is 0.672. The van der Waals surface area contributed by atoms with Gasteiger partial charge in [-0.3, -0.25) is 4.79 Å². The summed E-state index contributed by atoms with van der Waals surface area (Å²) in [6.45, 7) is 6.11. The highest BCUT2D eigenvalue weighted by molar-refractivity contribution is 7.17. The number of nitrogens with one attached hydrogen (secondary N) is 1. The number of hydrogen-bond donors (Lipinski definition) is 1. The van der Waals surface area contributed by atoms with Crippen LogP contribution < -0.4 is 5.32 Å². The third kappa shape index (κ3) is 2.86. The molecule has 2 rings (SSSR count). The second-order valence-electron chi connectivity index (χ2n) is 3.78. The second kappa shape index (κ2) is 5.93. The van der Waals surface area contributed by atoms with Crippen molar-refractivity contribution in [2.45, 2.75) is 13.3 Å². The fourth-order valence-corrected chi connectivity index (χ4v) is 3.18. The van der Waals surface area contributed by atoms with Crippen LogP contribution in [0.15, 0.2) is 29.5 Å². The molecule has 3 nitrogen and oxygen atoms in total. The maximum atomic E-state index is 12.0. The zero-order valence-electron chi connectivity index (χ0n) is 10.1. The Morgan fingerprint density at radius 3 is 3.11 bits per heavy atom. The molecule has 0 bridgehead atoms. The molecular formula is C13H14N2OS2. The van der Waals surface area contributed by atoms with Gasteiger partial charge in [0, 0.05) is 17.5 Å². The first-order chi connectivity index (χ1) is 8.72. The maximum Gasteiger partial charge on any atom is 0.263 e. The molecule has 0 saturated heterocycles. The number of hydrogen-bond acceptors (Lipinski definition) is 4. The van der Waals surface area contributed by atoms with E-state index in [0.29, 0.717) is 11.4 Å². The Labute approximate surface area is 114 Å². The minimum Gasteiger partial charge on any atom is -0.351 e. The number of aromatic nitrogens is 1. The number of thiazole rings is 1. The van der Waals surface area contributed by atoms with Gasteiger partial charge in [0.25, 0.3) is 5.91 Å². The van der Waals surface area contributed by atoms with Gasteiger partial charge in [0.05, 0.1) is 5.69 Å². The summed E-state index contributed by atoms with van der Waals surface area (Å²) < 4.78 is 0. The predicted octanol–water partition coefficient (Wildman–Crippen LogP) is 3.49. The summed E-state index contributed by atoms with van der Waals surface area (Å²) in [5, 5.41) is 7.82. The second-order valence-corrected chi connectivity index (χ2v) is 5.56. The lowest BCUT2D eigenvalue weighted by molar-refractivity contribution is 0.0957. The number of aryl methyl sites for hydroxylation is 1. The lowest BCUT2D eigenvalue weighted by atomic mass is 10.3. The first kappa shape index (κ1) is 13.0. The molecule has 0 aliphatic rings. The number of carbonyl (C=O) groups is 1. The van der Waals surface area contributed by atoms with Crippen molar-refractivity contribution in [3.63, 3.8) is 0 Å². The largest absolute Gasteiger partial charge is 0.351 e. The smallest absolute Gasteiger partial charge is 0.263 e. The molecule has 0 atom stereocenters. The Hall–Kier alpha value is -1.46. The molecule has 0 unspecified atom stereocenters. The molecule has 1 N–H and O–H groups in total. The van der Waals surface area contributed by atoms with Gasteiger partial charge in [-0.15, -0.1) is 17.9 Å². The Morgan fingerprint density at radius 1 is 1.61 bits per heavy atom. The van der Waals surface area contributed by atoms with Crippen LogP contribution in [0.1, 0.15) is 21.8 Å². The summed E-state index contributed by atoms with van der Waals surface area (Å²) in [6.07, 6.45) is 2.57. The monoisotopic (exact) mass is 278 g/mol. The molecule has 0 fully saturated rings. The lowest BCUT2D eigenvalue weighted by Crippen LogP contribution is -2.23. The van der Waals surface area contributed by atoms with Gasteiger partial charge in [0.2, 0.25) is 0 Å². The molecule has 0 aromatic carbocycles. The van der Waals surface area contributed by atoms with E-state index in [2.05, 4.69) is 16.9 Å². The van der Waals surface area contributed by atoms with Gasteiger partial charge >= 0.3 is 0 Å². The van der Waals surface area contributed by atoms with E-state index in [1.54, 1.807) is 17.4 Å². The Kier molecular flexibility index (Phi) is 4.28. The van der Waals surface area contributed by atoms with Gasteiger partial charge in [-0.25, -0.2) is 4.98 Å². The van der Waals surface area contributed by atoms with E-state index in [4.69, 9.17) is 0 Å². The zero-order chi connectivity index (χ0) is 13.0. The Balaban J connectivity index is 2.14. The van der Waals surface area contributed by atoms with Crippen LogP contribution in [-0.2, 0) is 0 Å². The van der Waals surface area contributed by atoms with E-state index in [9.17, 15) is 4.79 Å². The van der Waals surface area contributed by atoms with Crippen LogP contribution in [-0.4, -0.2) is 17.4 Å². The fraction of sp³-hybridized carbons (Fsp3) is 0.231. The van der Waals surface area contributed by atoms with Crippen molar-refractivity contribution < 1.29 is 4.79 Å². The van der Waals surface area contributed by atoms with E-state index in [-0.39, 0.29) is 5.91 Å². The molecule has 2 heterocycles. The van der Waals surface area contributed by atoms with Gasteiger partial charge < -0.3 is 5.32 Å². The highest BCUT2D eigenvalue weighted by Crippen LogP contribution is 2.29. The molecule has 0 spiro atoms. The topological polar surface area (TPSA) is 42.0 Å². The molecule has 2 aromatic heterocycles. The van der Waals surface area contributed by atoms with Crippen LogP contribution in [0.3, 0.4) is 0 Å². The molecule has 0 aliphatic heterocycles. The van der Waals surface area contributed by atoms with E-state index < -0.39 is 0 Å². The molecule has 0 radical (unpaired) electrons. The Bertz CT molecular complexity index is 543. The van der Waals surface area contributed by atoms with Crippen LogP contribution in [0.5, 0.6) is 0 Å². The maximum absolute atomic E-state index is 12.0. The summed E-state index contributed by atoms with van der Waals surface area (Å²) in [5.41, 5.74) is 1.87. The standard InChI is InChI=1S/C13H14N2OS2/c1-3-4-6-14-12(16)11-9(2)15-13(18-11)10-5-7-17-8-10/h3,5,7-8H,1,4,6H2,2H3,(H,14,16). The van der Waals surface area contributed by atoms with E-state index in [1.807, 2.05) is 23.8 Å². The molecule has 5 heteroatoms. The highest BCUT2D eigenvalue weighted by atomic mass is 32.1. The molecule has 18 heavy (non-hydrogen) atoms. The number of thiophene rings is 1. The zero-order valence-corrected chi connectivity index (χ0v) is 11.7. The van der Waals surface area contributed by atoms with Gasteiger partial charge in [-0.05, 0) is 24.8 Å². The van der Waals surface area contributed by atoms with Crippen LogP contribution in [0.2, 0.25) is 0 Å². The Morgan fingerprint density at radius 2 is 2.44 bits per heavy atom. The summed E-state index contributed by atoms with van der Waals surface area (Å²) >= 11 is 3.07. The van der Waals surface area contributed by atoms with Crippen molar-refractivity contribution in [1.29, 1.82) is 0 Å². The van der Waals surface area contributed by atoms with Gasteiger partial charge in [-0.2, -0.15) is 11.3 Å². The SMILES string of the molecule is C=CCCNC(=O)c1sc(-c2ccsc2)nc1C.